The normalized spacial score (nSPS) is 9.68. The van der Waals surface area contributed by atoms with Crippen molar-refractivity contribution in [3.8, 4) is 23.8 Å². The zero-order valence-electron chi connectivity index (χ0n) is 14.6. The molecule has 0 aliphatic rings. The van der Waals surface area contributed by atoms with Crippen LogP contribution in [0.4, 0.5) is 26.2 Å². The molecule has 0 aliphatic carbocycles. The highest BCUT2D eigenvalue weighted by Crippen LogP contribution is 2.28. The second kappa shape index (κ2) is 8.39. The Labute approximate surface area is 161 Å². The quantitative estimate of drug-likeness (QED) is 0.450. The number of carbonyl (C=O) groups excluding carboxylic acids is 1. The minimum atomic E-state index is -0.582. The molecule has 0 spiro atoms. The molecule has 0 bridgehead atoms. The van der Waals surface area contributed by atoms with Crippen LogP contribution in [0.2, 0.25) is 0 Å². The third-order valence-corrected chi connectivity index (χ3v) is 3.67. The van der Waals surface area contributed by atoms with E-state index >= 15 is 0 Å². The number of nitrogens with zero attached hydrogens (tertiary/aromatic N) is 1. The molecule has 0 unspecified atom stereocenters. The summed E-state index contributed by atoms with van der Waals surface area (Å²) in [4.78, 5) is 15.5. The molecule has 0 radical (unpaired) electrons. The number of hydrogen-bond acceptors (Lipinski definition) is 2. The first-order valence-corrected chi connectivity index (χ1v) is 8.17. The lowest BCUT2D eigenvalue weighted by atomic mass is 10.2. The molecule has 0 saturated heterocycles. The largest absolute Gasteiger partial charge is 0.454 e. The van der Waals surface area contributed by atoms with Crippen LogP contribution in [0.15, 0.2) is 66.7 Å². The molecular weight excluding hydrogens is 357 g/mol. The Morgan fingerprint density at radius 1 is 1.04 bits per heavy atom. The monoisotopic (exact) mass is 371 g/mol. The lowest BCUT2D eigenvalue weighted by Gasteiger charge is -2.11. The van der Waals surface area contributed by atoms with E-state index < -0.39 is 11.8 Å². The third-order valence-electron chi connectivity index (χ3n) is 3.67. The zero-order valence-corrected chi connectivity index (χ0v) is 14.6. The predicted octanol–water partition coefficient (Wildman–Crippen LogP) is 5.79. The van der Waals surface area contributed by atoms with E-state index in [1.54, 1.807) is 48.5 Å². The van der Waals surface area contributed by atoms with Gasteiger partial charge in [0.25, 0.3) is 0 Å². The molecule has 0 saturated carbocycles. The summed E-state index contributed by atoms with van der Waals surface area (Å²) >= 11 is 0. The van der Waals surface area contributed by atoms with Crippen LogP contribution in [-0.4, -0.2) is 6.03 Å². The van der Waals surface area contributed by atoms with Gasteiger partial charge in [0.05, 0.1) is 6.57 Å². The fourth-order valence-electron chi connectivity index (χ4n) is 2.36. The lowest BCUT2D eigenvalue weighted by molar-refractivity contribution is 0.262. The summed E-state index contributed by atoms with van der Waals surface area (Å²) in [6, 6.07) is 16.6. The molecule has 0 fully saturated rings. The van der Waals surface area contributed by atoms with Gasteiger partial charge in [0.2, 0.25) is 0 Å². The van der Waals surface area contributed by atoms with Crippen LogP contribution in [0.3, 0.4) is 0 Å². The molecule has 28 heavy (non-hydrogen) atoms. The molecule has 2 N–H and O–H groups in total. The summed E-state index contributed by atoms with van der Waals surface area (Å²) in [6.45, 7) is 6.93. The highest BCUT2D eigenvalue weighted by molar-refractivity contribution is 5.99. The molecule has 0 aliphatic heterocycles. The number of halogens is 1. The average molecular weight is 371 g/mol. The van der Waals surface area contributed by atoms with Gasteiger partial charge in [-0.25, -0.2) is 14.0 Å². The number of hydrogen-bond donors (Lipinski definition) is 2. The Bertz CT molecular complexity index is 1100. The minimum absolute atomic E-state index is 0.0531. The molecule has 5 nitrogen and oxygen atoms in total. The molecule has 2 amide bonds. The van der Waals surface area contributed by atoms with E-state index in [2.05, 4.69) is 21.4 Å². The average Bonchev–Trinajstić information content (AvgIpc) is 2.71. The van der Waals surface area contributed by atoms with Gasteiger partial charge < -0.3 is 15.4 Å². The molecule has 0 heterocycles. The second-order valence-electron chi connectivity index (χ2n) is 5.66. The number of ether oxygens (including phenoxy) is 1. The Hall–Kier alpha value is -4.29. The Morgan fingerprint density at radius 2 is 1.75 bits per heavy atom. The zero-order chi connectivity index (χ0) is 19.9. The van der Waals surface area contributed by atoms with Gasteiger partial charge in [0.1, 0.15) is 5.75 Å². The van der Waals surface area contributed by atoms with Crippen LogP contribution in [0, 0.1) is 24.7 Å². The van der Waals surface area contributed by atoms with Crippen molar-refractivity contribution >= 4 is 23.1 Å². The molecule has 6 heteroatoms. The Morgan fingerprint density at radius 3 is 2.43 bits per heavy atom. The molecule has 3 rings (SSSR count). The number of carbonyl (C=O) groups is 1. The summed E-state index contributed by atoms with van der Waals surface area (Å²) < 4.78 is 19.6. The number of anilines is 2. The van der Waals surface area contributed by atoms with Crippen LogP contribution in [0.5, 0.6) is 11.5 Å². The van der Waals surface area contributed by atoms with Crippen molar-refractivity contribution in [1.82, 2.24) is 0 Å². The van der Waals surface area contributed by atoms with Gasteiger partial charge >= 0.3 is 6.03 Å². The van der Waals surface area contributed by atoms with Crippen molar-refractivity contribution in [2.45, 2.75) is 0 Å². The number of urea groups is 1. The van der Waals surface area contributed by atoms with Crippen molar-refractivity contribution in [3.63, 3.8) is 0 Å². The van der Waals surface area contributed by atoms with E-state index in [0.29, 0.717) is 28.4 Å². The van der Waals surface area contributed by atoms with Crippen molar-refractivity contribution < 1.29 is 13.9 Å². The maximum atomic E-state index is 14.0. The van der Waals surface area contributed by atoms with Crippen LogP contribution >= 0.6 is 0 Å². The number of terminal acetylenes is 1. The van der Waals surface area contributed by atoms with E-state index in [0.717, 1.165) is 0 Å². The lowest BCUT2D eigenvalue weighted by Crippen LogP contribution is -2.19. The summed E-state index contributed by atoms with van der Waals surface area (Å²) in [5.41, 5.74) is 1.97. The van der Waals surface area contributed by atoms with Crippen molar-refractivity contribution in [2.24, 2.45) is 0 Å². The van der Waals surface area contributed by atoms with Crippen LogP contribution in [0.25, 0.3) is 4.85 Å². The Balaban J connectivity index is 1.70. The van der Waals surface area contributed by atoms with Crippen molar-refractivity contribution in [2.75, 3.05) is 10.6 Å². The van der Waals surface area contributed by atoms with Crippen molar-refractivity contribution in [3.05, 3.63) is 89.5 Å². The summed E-state index contributed by atoms with van der Waals surface area (Å²) in [6.07, 6.45) is 5.34. The van der Waals surface area contributed by atoms with Gasteiger partial charge in [-0.15, -0.1) is 6.42 Å². The van der Waals surface area contributed by atoms with Gasteiger partial charge in [-0.05, 0) is 42.5 Å². The SMILES string of the molecule is [C-]#[N+]c1ccc(Oc2cc(NC(=O)Nc3cccc(C#C)c3)ccc2F)cc1. The predicted molar refractivity (Wildman–Crippen MR) is 106 cm³/mol. The highest BCUT2D eigenvalue weighted by Gasteiger charge is 2.09. The molecular formula is C22H14FN3O2. The molecule has 136 valence electrons. The second-order valence-corrected chi connectivity index (χ2v) is 5.66. The maximum absolute atomic E-state index is 14.0. The van der Waals surface area contributed by atoms with E-state index in [1.807, 2.05) is 0 Å². The number of nitrogens with one attached hydrogen (secondary N) is 2. The van der Waals surface area contributed by atoms with Gasteiger partial charge in [-0.2, -0.15) is 0 Å². The molecule has 0 aromatic heterocycles. The van der Waals surface area contributed by atoms with Gasteiger partial charge in [-0.3, -0.25) is 0 Å². The molecule has 0 atom stereocenters. The first-order chi connectivity index (χ1) is 13.6. The third kappa shape index (κ3) is 4.66. The van der Waals surface area contributed by atoms with Crippen LogP contribution in [0.1, 0.15) is 5.56 Å². The minimum Gasteiger partial charge on any atom is -0.454 e. The van der Waals surface area contributed by atoms with Crippen LogP contribution < -0.4 is 15.4 Å². The van der Waals surface area contributed by atoms with E-state index in [1.165, 1.54) is 18.2 Å². The van der Waals surface area contributed by atoms with E-state index in [4.69, 9.17) is 17.7 Å². The van der Waals surface area contributed by atoms with Crippen LogP contribution in [-0.2, 0) is 0 Å². The van der Waals surface area contributed by atoms with E-state index in [9.17, 15) is 9.18 Å². The molecule has 3 aromatic carbocycles. The molecule has 3 aromatic rings. The summed E-state index contributed by atoms with van der Waals surface area (Å²) in [5.74, 6) is 2.23. The van der Waals surface area contributed by atoms with E-state index in [-0.39, 0.29) is 5.75 Å². The number of amides is 2. The maximum Gasteiger partial charge on any atom is 0.323 e. The summed E-state index contributed by atoms with van der Waals surface area (Å²) in [7, 11) is 0. The standard InChI is InChI=1S/C22H14FN3O2/c1-3-15-5-4-6-17(13-15)25-22(27)26-18-9-12-20(23)21(14-18)28-19-10-7-16(24-2)8-11-19/h1,4-14H,(H2,25,26,27). The first kappa shape index (κ1) is 18.5. The number of benzene rings is 3. The fraction of sp³-hybridized carbons (Fsp3) is 0. The van der Waals surface area contributed by atoms with Gasteiger partial charge in [0.15, 0.2) is 17.3 Å². The summed E-state index contributed by atoms with van der Waals surface area (Å²) in [5, 5.41) is 5.26. The van der Waals surface area contributed by atoms with Gasteiger partial charge in [0, 0.05) is 23.0 Å². The smallest absolute Gasteiger partial charge is 0.323 e. The van der Waals surface area contributed by atoms with Gasteiger partial charge in [-0.1, -0.05) is 24.1 Å². The Kier molecular flexibility index (Phi) is 5.55. The topological polar surface area (TPSA) is 54.7 Å². The number of rotatable bonds is 4. The first-order valence-electron chi connectivity index (χ1n) is 8.17. The fourth-order valence-corrected chi connectivity index (χ4v) is 2.36. The van der Waals surface area contributed by atoms with Crippen molar-refractivity contribution in [1.29, 1.82) is 0 Å². The highest BCUT2D eigenvalue weighted by atomic mass is 19.1.